The molecule has 6 nitrogen and oxygen atoms in total. The van der Waals surface area contributed by atoms with Crippen LogP contribution in [-0.4, -0.2) is 26.8 Å². The lowest BCUT2D eigenvalue weighted by atomic mass is 10.1. The van der Waals surface area contributed by atoms with Crippen molar-refractivity contribution in [3.05, 3.63) is 118 Å². The van der Waals surface area contributed by atoms with Gasteiger partial charge in [-0.25, -0.2) is 4.98 Å². The molecule has 0 saturated heterocycles. The lowest BCUT2D eigenvalue weighted by Gasteiger charge is -2.13. The number of aromatic amines is 1. The van der Waals surface area contributed by atoms with E-state index in [1.165, 1.54) is 0 Å². The molecule has 0 spiro atoms. The summed E-state index contributed by atoms with van der Waals surface area (Å²) < 4.78 is 6.93. The van der Waals surface area contributed by atoms with Crippen LogP contribution in [0, 0.1) is 0 Å². The number of aromatic hydroxyl groups is 1. The van der Waals surface area contributed by atoms with Crippen molar-refractivity contribution in [2.45, 2.75) is 12.8 Å². The molecule has 0 aliphatic carbocycles. The molecule has 2 aliphatic rings. The van der Waals surface area contributed by atoms with Crippen molar-refractivity contribution in [2.75, 3.05) is 7.11 Å². The Morgan fingerprint density at radius 2 is 1.70 bits per heavy atom. The Balaban J connectivity index is 1.63. The molecule has 33 heavy (non-hydrogen) atoms. The number of fused-ring (bicyclic) bond motifs is 1. The van der Waals surface area contributed by atoms with Gasteiger partial charge in [-0.1, -0.05) is 42.5 Å². The molecule has 2 aliphatic heterocycles. The second kappa shape index (κ2) is 8.67. The first-order chi connectivity index (χ1) is 16.1. The molecule has 0 unspecified atom stereocenters. The fraction of sp³-hybridized carbons (Fsp3) is 0.111. The highest BCUT2D eigenvalue weighted by molar-refractivity contribution is 5.61. The van der Waals surface area contributed by atoms with E-state index in [0.717, 1.165) is 33.8 Å². The van der Waals surface area contributed by atoms with E-state index in [1.54, 1.807) is 30.0 Å². The number of imidazole rings is 1. The van der Waals surface area contributed by atoms with Crippen molar-refractivity contribution < 1.29 is 9.84 Å². The second-order valence-corrected chi connectivity index (χ2v) is 7.94. The summed E-state index contributed by atoms with van der Waals surface area (Å²) in [7, 11) is 1.62. The van der Waals surface area contributed by atoms with Crippen LogP contribution in [0.1, 0.15) is 22.5 Å². The molecule has 0 atom stereocenters. The summed E-state index contributed by atoms with van der Waals surface area (Å²) in [6, 6.07) is 24.6. The molecule has 2 N–H and O–H groups in total. The maximum atomic E-state index is 13.3. The quantitative estimate of drug-likeness (QED) is 0.408. The first-order valence-corrected chi connectivity index (χ1v) is 10.7. The van der Waals surface area contributed by atoms with Crippen LogP contribution in [0.2, 0.25) is 0 Å². The largest absolute Gasteiger partial charge is 0.508 e. The number of hydrogen-bond donors (Lipinski definition) is 2. The summed E-state index contributed by atoms with van der Waals surface area (Å²) in [6.45, 7) is 0. The van der Waals surface area contributed by atoms with E-state index in [0.29, 0.717) is 24.4 Å². The van der Waals surface area contributed by atoms with E-state index in [9.17, 15) is 9.90 Å². The average molecular weight is 437 g/mol. The Hall–Kier alpha value is -4.32. The molecule has 2 heterocycles. The lowest BCUT2D eigenvalue weighted by Crippen LogP contribution is -2.17. The molecular formula is C27H23N3O3. The summed E-state index contributed by atoms with van der Waals surface area (Å²) in [5.74, 6) is 1.55. The van der Waals surface area contributed by atoms with Gasteiger partial charge in [-0.15, -0.1) is 0 Å². The monoisotopic (exact) mass is 437 g/mol. The summed E-state index contributed by atoms with van der Waals surface area (Å²) in [5, 5.41) is 9.67. The molecule has 6 heteroatoms. The zero-order chi connectivity index (χ0) is 22.8. The third-order valence-corrected chi connectivity index (χ3v) is 5.66. The van der Waals surface area contributed by atoms with Crippen LogP contribution in [0.15, 0.2) is 89.9 Å². The van der Waals surface area contributed by atoms with Crippen LogP contribution in [0.3, 0.4) is 0 Å². The minimum absolute atomic E-state index is 0.142. The van der Waals surface area contributed by atoms with Crippen molar-refractivity contribution in [1.82, 2.24) is 14.5 Å². The Kier molecular flexibility index (Phi) is 5.40. The highest BCUT2D eigenvalue weighted by atomic mass is 16.5. The van der Waals surface area contributed by atoms with Crippen molar-refractivity contribution >= 4 is 0 Å². The number of benzene rings is 3. The van der Waals surface area contributed by atoms with Gasteiger partial charge in [0.25, 0.3) is 5.56 Å². The summed E-state index contributed by atoms with van der Waals surface area (Å²) >= 11 is 0. The minimum Gasteiger partial charge on any atom is -0.508 e. The average Bonchev–Trinajstić information content (AvgIpc) is 3.16. The topological polar surface area (TPSA) is 80.1 Å². The zero-order valence-electron chi connectivity index (χ0n) is 18.2. The fourth-order valence-electron chi connectivity index (χ4n) is 3.98. The van der Waals surface area contributed by atoms with Crippen LogP contribution in [0.4, 0.5) is 0 Å². The van der Waals surface area contributed by atoms with Gasteiger partial charge in [-0.2, -0.15) is 0 Å². The molecule has 0 radical (unpaired) electrons. The molecule has 5 rings (SSSR count). The summed E-state index contributed by atoms with van der Waals surface area (Å²) in [6.07, 6.45) is 2.79. The number of nitrogens with one attached hydrogen (secondary N) is 1. The van der Waals surface area contributed by atoms with Crippen molar-refractivity contribution in [3.8, 4) is 28.6 Å². The third-order valence-electron chi connectivity index (χ3n) is 5.66. The van der Waals surface area contributed by atoms with Crippen LogP contribution in [0.25, 0.3) is 17.1 Å². The van der Waals surface area contributed by atoms with E-state index in [1.807, 2.05) is 54.6 Å². The van der Waals surface area contributed by atoms with Gasteiger partial charge in [-0.3, -0.25) is 9.36 Å². The second-order valence-electron chi connectivity index (χ2n) is 7.94. The molecule has 0 amide bonds. The van der Waals surface area contributed by atoms with Gasteiger partial charge in [0.05, 0.1) is 18.5 Å². The molecular weight excluding hydrogens is 414 g/mol. The standard InChI is InChI=1S/C27H23N3O3/c1-33-22-9-5-8-19(14-22)16-24-27(32)30-17-25(20-10-12-21(31)13-11-20)28-23(26(30)29-24)15-18-6-3-2-4-7-18/h2-14,17,28,31H,15-16H2,1H3. The predicted octanol–water partition coefficient (Wildman–Crippen LogP) is 4.56. The van der Waals surface area contributed by atoms with Gasteiger partial charge in [0, 0.05) is 19.0 Å². The number of ether oxygens (including phenoxy) is 1. The molecule has 0 aromatic heterocycles. The van der Waals surface area contributed by atoms with E-state index < -0.39 is 0 Å². The Morgan fingerprint density at radius 3 is 2.45 bits per heavy atom. The maximum Gasteiger partial charge on any atom is 0.278 e. The molecule has 3 aromatic rings. The summed E-state index contributed by atoms with van der Waals surface area (Å²) in [4.78, 5) is 21.6. The number of hydrogen-bond acceptors (Lipinski definition) is 4. The molecule has 164 valence electrons. The van der Waals surface area contributed by atoms with E-state index in [4.69, 9.17) is 9.72 Å². The summed E-state index contributed by atoms with van der Waals surface area (Å²) in [5.41, 5.74) is 4.90. The molecule has 0 bridgehead atoms. The number of aromatic nitrogens is 3. The van der Waals surface area contributed by atoms with Gasteiger partial charge in [0.2, 0.25) is 0 Å². The van der Waals surface area contributed by atoms with Crippen molar-refractivity contribution in [3.63, 3.8) is 0 Å². The van der Waals surface area contributed by atoms with Crippen molar-refractivity contribution in [2.24, 2.45) is 0 Å². The number of nitrogens with zero attached hydrogens (tertiary/aromatic N) is 2. The van der Waals surface area contributed by atoms with E-state index in [-0.39, 0.29) is 11.3 Å². The Morgan fingerprint density at radius 1 is 0.939 bits per heavy atom. The molecule has 3 aromatic carbocycles. The number of methoxy groups -OCH3 is 1. The highest BCUT2D eigenvalue weighted by Gasteiger charge is 2.20. The Labute approximate surface area is 191 Å². The third kappa shape index (κ3) is 4.23. The predicted molar refractivity (Wildman–Crippen MR) is 128 cm³/mol. The first kappa shape index (κ1) is 20.6. The maximum absolute atomic E-state index is 13.3. The number of phenols is 1. The van der Waals surface area contributed by atoms with E-state index >= 15 is 0 Å². The fourth-order valence-corrected chi connectivity index (χ4v) is 3.98. The van der Waals surface area contributed by atoms with Crippen LogP contribution < -0.4 is 10.3 Å². The smallest absolute Gasteiger partial charge is 0.278 e. The number of rotatable bonds is 6. The highest BCUT2D eigenvalue weighted by Crippen LogP contribution is 2.25. The van der Waals surface area contributed by atoms with E-state index in [2.05, 4.69) is 17.1 Å². The molecule has 0 fully saturated rings. The Bertz CT molecular complexity index is 1420. The minimum atomic E-state index is -0.142. The van der Waals surface area contributed by atoms with Crippen molar-refractivity contribution in [1.29, 1.82) is 0 Å². The lowest BCUT2D eigenvalue weighted by molar-refractivity contribution is 0.414. The van der Waals surface area contributed by atoms with Crippen LogP contribution >= 0.6 is 0 Å². The normalized spacial score (nSPS) is 11.1. The van der Waals surface area contributed by atoms with Gasteiger partial charge >= 0.3 is 0 Å². The van der Waals surface area contributed by atoms with Gasteiger partial charge in [0.1, 0.15) is 17.2 Å². The van der Waals surface area contributed by atoms with Gasteiger partial charge < -0.3 is 14.8 Å². The SMILES string of the molecule is COc1cccc(Cc2nc3c(Cc4ccccc4)[nH]c(-c4ccc(O)cc4)cn-3c2=O)c1. The zero-order valence-corrected chi connectivity index (χ0v) is 18.2. The van der Waals surface area contributed by atoms with Crippen LogP contribution in [0.5, 0.6) is 11.5 Å². The van der Waals surface area contributed by atoms with Gasteiger partial charge in [0.15, 0.2) is 5.82 Å². The molecule has 0 saturated carbocycles. The van der Waals surface area contributed by atoms with Crippen LogP contribution in [-0.2, 0) is 12.8 Å². The first-order valence-electron chi connectivity index (χ1n) is 10.7. The number of H-pyrrole nitrogens is 1. The van der Waals surface area contributed by atoms with Gasteiger partial charge in [-0.05, 0) is 53.1 Å². The number of phenolic OH excluding ortho intramolecular Hbond substituents is 1.